The Labute approximate surface area is 130 Å². The summed E-state index contributed by atoms with van der Waals surface area (Å²) in [5.74, 6) is 2.65. The van der Waals surface area contributed by atoms with E-state index in [1.165, 1.54) is 44.9 Å². The maximum Gasteiger partial charge on any atom is 0.0351 e. The van der Waals surface area contributed by atoms with Crippen LogP contribution in [0.2, 0.25) is 0 Å². The minimum Gasteiger partial charge on any atom is -0.310 e. The molecule has 3 unspecified atom stereocenters. The zero-order valence-corrected chi connectivity index (χ0v) is 13.8. The van der Waals surface area contributed by atoms with E-state index in [9.17, 15) is 0 Å². The van der Waals surface area contributed by atoms with Gasteiger partial charge in [-0.3, -0.25) is 0 Å². The molecule has 0 amide bonds. The molecule has 0 saturated heterocycles. The maximum absolute atomic E-state index is 3.83. The number of hydrogen-bond acceptors (Lipinski definition) is 1. The van der Waals surface area contributed by atoms with Gasteiger partial charge in [0.05, 0.1) is 0 Å². The summed E-state index contributed by atoms with van der Waals surface area (Å²) in [5.41, 5.74) is 3.26. The molecule has 2 fully saturated rings. The summed E-state index contributed by atoms with van der Waals surface area (Å²) in [7, 11) is 0. The molecule has 3 atom stereocenters. The Hall–Kier alpha value is -0.820. The first-order valence-electron chi connectivity index (χ1n) is 9.15. The van der Waals surface area contributed by atoms with Crippen LogP contribution in [0.4, 0.5) is 0 Å². The molecule has 1 N–H and O–H groups in total. The highest BCUT2D eigenvalue weighted by Crippen LogP contribution is 2.45. The van der Waals surface area contributed by atoms with Gasteiger partial charge in [0.2, 0.25) is 0 Å². The van der Waals surface area contributed by atoms with Gasteiger partial charge >= 0.3 is 0 Å². The van der Waals surface area contributed by atoms with E-state index in [0.29, 0.717) is 6.04 Å². The topological polar surface area (TPSA) is 12.0 Å². The molecule has 2 aliphatic rings. The average Bonchev–Trinajstić information content (AvgIpc) is 2.92. The Balaban J connectivity index is 1.83. The molecule has 0 aromatic heterocycles. The second-order valence-corrected chi connectivity index (χ2v) is 7.14. The SMILES string of the molecule is CCNC(c1ccccc1C1CCC1)C1CCC(CC)C1. The van der Waals surface area contributed by atoms with Crippen molar-refractivity contribution in [1.82, 2.24) is 5.32 Å². The molecule has 1 aromatic carbocycles. The predicted octanol–water partition coefficient (Wildman–Crippen LogP) is 5.43. The summed E-state index contributed by atoms with van der Waals surface area (Å²) in [4.78, 5) is 0. The molecule has 1 aromatic rings. The molecule has 0 bridgehead atoms. The minimum absolute atomic E-state index is 0.586. The lowest BCUT2D eigenvalue weighted by molar-refractivity contribution is 0.348. The second-order valence-electron chi connectivity index (χ2n) is 7.14. The van der Waals surface area contributed by atoms with E-state index >= 15 is 0 Å². The molecule has 1 heteroatoms. The van der Waals surface area contributed by atoms with Crippen molar-refractivity contribution in [3.05, 3.63) is 35.4 Å². The largest absolute Gasteiger partial charge is 0.310 e. The van der Waals surface area contributed by atoms with Gasteiger partial charge in [-0.15, -0.1) is 0 Å². The van der Waals surface area contributed by atoms with E-state index in [1.807, 2.05) is 0 Å². The van der Waals surface area contributed by atoms with Crippen LogP contribution in [0.15, 0.2) is 24.3 Å². The van der Waals surface area contributed by atoms with Gasteiger partial charge in [0.25, 0.3) is 0 Å². The Morgan fingerprint density at radius 1 is 1.10 bits per heavy atom. The Morgan fingerprint density at radius 2 is 1.90 bits per heavy atom. The normalized spacial score (nSPS) is 27.5. The lowest BCUT2D eigenvalue weighted by Crippen LogP contribution is -2.29. The molecule has 0 aliphatic heterocycles. The quantitative estimate of drug-likeness (QED) is 0.734. The van der Waals surface area contributed by atoms with Gasteiger partial charge < -0.3 is 5.32 Å². The molecule has 116 valence electrons. The summed E-state index contributed by atoms with van der Waals surface area (Å²) in [5, 5.41) is 3.83. The fourth-order valence-electron chi connectivity index (χ4n) is 4.42. The molecular weight excluding hydrogens is 254 g/mol. The van der Waals surface area contributed by atoms with E-state index < -0.39 is 0 Å². The van der Waals surface area contributed by atoms with Crippen molar-refractivity contribution in [2.45, 2.75) is 70.8 Å². The van der Waals surface area contributed by atoms with Crippen molar-refractivity contribution in [2.75, 3.05) is 6.54 Å². The van der Waals surface area contributed by atoms with Crippen molar-refractivity contribution in [2.24, 2.45) is 11.8 Å². The van der Waals surface area contributed by atoms with Crippen molar-refractivity contribution < 1.29 is 0 Å². The Bertz CT molecular complexity index is 449. The van der Waals surface area contributed by atoms with Crippen LogP contribution in [0, 0.1) is 11.8 Å². The third-order valence-electron chi connectivity index (χ3n) is 5.93. The minimum atomic E-state index is 0.586. The third-order valence-corrected chi connectivity index (χ3v) is 5.93. The fourth-order valence-corrected chi connectivity index (χ4v) is 4.42. The van der Waals surface area contributed by atoms with E-state index in [2.05, 4.69) is 43.4 Å². The van der Waals surface area contributed by atoms with E-state index in [1.54, 1.807) is 11.1 Å². The molecule has 0 radical (unpaired) electrons. The van der Waals surface area contributed by atoms with Gasteiger partial charge in [0, 0.05) is 6.04 Å². The van der Waals surface area contributed by atoms with Gasteiger partial charge in [-0.05, 0) is 61.1 Å². The summed E-state index contributed by atoms with van der Waals surface area (Å²) in [6.07, 6.45) is 9.86. The summed E-state index contributed by atoms with van der Waals surface area (Å²) >= 11 is 0. The van der Waals surface area contributed by atoms with E-state index in [-0.39, 0.29) is 0 Å². The van der Waals surface area contributed by atoms with Crippen LogP contribution in [0.1, 0.15) is 81.9 Å². The molecule has 21 heavy (non-hydrogen) atoms. The zero-order chi connectivity index (χ0) is 14.7. The highest BCUT2D eigenvalue weighted by atomic mass is 14.9. The molecule has 3 rings (SSSR count). The maximum atomic E-state index is 3.83. The molecule has 2 saturated carbocycles. The monoisotopic (exact) mass is 285 g/mol. The first-order chi connectivity index (χ1) is 10.3. The van der Waals surface area contributed by atoms with Gasteiger partial charge in [-0.2, -0.15) is 0 Å². The van der Waals surface area contributed by atoms with Crippen LogP contribution in [0.3, 0.4) is 0 Å². The van der Waals surface area contributed by atoms with Crippen molar-refractivity contribution in [3.63, 3.8) is 0 Å². The number of hydrogen-bond donors (Lipinski definition) is 1. The molecule has 1 nitrogen and oxygen atoms in total. The van der Waals surface area contributed by atoms with Crippen LogP contribution in [-0.2, 0) is 0 Å². The van der Waals surface area contributed by atoms with Crippen molar-refractivity contribution >= 4 is 0 Å². The number of rotatable bonds is 6. The summed E-state index contributed by atoms with van der Waals surface area (Å²) < 4.78 is 0. The lowest BCUT2D eigenvalue weighted by atomic mass is 9.75. The van der Waals surface area contributed by atoms with E-state index in [0.717, 1.165) is 24.3 Å². The Morgan fingerprint density at radius 3 is 2.52 bits per heavy atom. The lowest BCUT2D eigenvalue weighted by Gasteiger charge is -2.33. The van der Waals surface area contributed by atoms with Crippen LogP contribution in [-0.4, -0.2) is 6.54 Å². The molecule has 0 heterocycles. The Kier molecular flexibility index (Phi) is 5.00. The average molecular weight is 285 g/mol. The standard InChI is InChI=1S/C20H31N/c1-3-15-12-13-17(14-15)20(21-4-2)19-11-6-5-10-18(19)16-8-7-9-16/h5-6,10-11,15-17,20-21H,3-4,7-9,12-14H2,1-2H3. The molecule has 2 aliphatic carbocycles. The predicted molar refractivity (Wildman–Crippen MR) is 90.6 cm³/mol. The summed E-state index contributed by atoms with van der Waals surface area (Å²) in [6.45, 7) is 5.69. The highest BCUT2D eigenvalue weighted by molar-refractivity contribution is 5.34. The van der Waals surface area contributed by atoms with Crippen molar-refractivity contribution in [1.29, 1.82) is 0 Å². The first kappa shape index (κ1) is 15.1. The summed E-state index contributed by atoms with van der Waals surface area (Å²) in [6, 6.07) is 9.87. The molecular formula is C20H31N. The third kappa shape index (κ3) is 3.18. The highest BCUT2D eigenvalue weighted by Gasteiger charge is 2.33. The smallest absolute Gasteiger partial charge is 0.0351 e. The molecule has 0 spiro atoms. The van der Waals surface area contributed by atoms with Crippen LogP contribution < -0.4 is 5.32 Å². The second kappa shape index (κ2) is 6.96. The number of benzene rings is 1. The van der Waals surface area contributed by atoms with Gasteiger partial charge in [-0.25, -0.2) is 0 Å². The van der Waals surface area contributed by atoms with E-state index in [4.69, 9.17) is 0 Å². The fraction of sp³-hybridized carbons (Fsp3) is 0.700. The van der Waals surface area contributed by atoms with Crippen LogP contribution >= 0.6 is 0 Å². The zero-order valence-electron chi connectivity index (χ0n) is 13.8. The number of nitrogens with one attached hydrogen (secondary N) is 1. The van der Waals surface area contributed by atoms with Gasteiger partial charge in [0.15, 0.2) is 0 Å². The van der Waals surface area contributed by atoms with Gasteiger partial charge in [-0.1, -0.05) is 57.4 Å². The first-order valence-corrected chi connectivity index (χ1v) is 9.15. The van der Waals surface area contributed by atoms with Crippen LogP contribution in [0.5, 0.6) is 0 Å². The van der Waals surface area contributed by atoms with Crippen molar-refractivity contribution in [3.8, 4) is 0 Å². The van der Waals surface area contributed by atoms with Crippen LogP contribution in [0.25, 0.3) is 0 Å². The van der Waals surface area contributed by atoms with Gasteiger partial charge in [0.1, 0.15) is 0 Å².